The molecule has 0 unspecified atom stereocenters. The molecule has 2 N–H and O–H groups in total. The molecular weight excluding hydrogens is 500 g/mol. The van der Waals surface area contributed by atoms with Crippen LogP contribution in [0.3, 0.4) is 0 Å². The number of nitrogens with one attached hydrogen (secondary N) is 2. The van der Waals surface area contributed by atoms with Gasteiger partial charge < -0.3 is 20.1 Å². The van der Waals surface area contributed by atoms with Crippen molar-refractivity contribution < 1.29 is 19.1 Å². The fraction of sp³-hybridized carbons (Fsp3) is 0.182. The van der Waals surface area contributed by atoms with Crippen LogP contribution in [0.1, 0.15) is 18.4 Å². The van der Waals surface area contributed by atoms with Crippen LogP contribution in [0.4, 0.5) is 4.79 Å². The summed E-state index contributed by atoms with van der Waals surface area (Å²) >= 11 is 9.53. The number of carbonyl (C=O) groups is 2. The fourth-order valence-corrected chi connectivity index (χ4v) is 3.62. The van der Waals surface area contributed by atoms with Crippen molar-refractivity contribution in [3.8, 4) is 17.2 Å². The maximum absolute atomic E-state index is 12.6. The molecule has 2 amide bonds. The van der Waals surface area contributed by atoms with Crippen LogP contribution in [0.5, 0.6) is 17.2 Å². The van der Waals surface area contributed by atoms with Gasteiger partial charge in [0.25, 0.3) is 0 Å². The highest BCUT2D eigenvalue weighted by Crippen LogP contribution is 2.36. The molecule has 1 aromatic heterocycles. The van der Waals surface area contributed by atoms with Crippen LogP contribution in [0, 0.1) is 0 Å². The van der Waals surface area contributed by atoms with Gasteiger partial charge in [-0.25, -0.2) is 14.8 Å². The lowest BCUT2D eigenvalue weighted by atomic mass is 10.2. The van der Waals surface area contributed by atoms with E-state index >= 15 is 0 Å². The Hall–Kier alpha value is -3.17. The summed E-state index contributed by atoms with van der Waals surface area (Å²) in [4.78, 5) is 32.2. The Labute approximate surface area is 197 Å². The number of aromatic nitrogens is 2. The second kappa shape index (κ2) is 9.54. The first kappa shape index (κ1) is 22.0. The Kier molecular flexibility index (Phi) is 6.57. The van der Waals surface area contributed by atoms with Crippen LogP contribution >= 0.6 is 27.5 Å². The maximum Gasteiger partial charge on any atom is 0.413 e. The third-order valence-electron chi connectivity index (χ3n) is 4.77. The zero-order valence-electron chi connectivity index (χ0n) is 16.7. The molecule has 0 atom stereocenters. The minimum absolute atomic E-state index is 0.202. The molecule has 3 aromatic rings. The summed E-state index contributed by atoms with van der Waals surface area (Å²) in [5.74, 6) is 1.11. The van der Waals surface area contributed by atoms with Crippen molar-refractivity contribution >= 4 is 39.5 Å². The van der Waals surface area contributed by atoms with E-state index in [2.05, 4.69) is 36.5 Å². The van der Waals surface area contributed by atoms with E-state index in [1.165, 1.54) is 18.7 Å². The van der Waals surface area contributed by atoms with E-state index in [4.69, 9.17) is 21.1 Å². The first-order valence-electron chi connectivity index (χ1n) is 9.69. The maximum atomic E-state index is 12.6. The first-order chi connectivity index (χ1) is 15.4. The molecule has 1 aliphatic rings. The number of ether oxygens (including phenoxy) is 2. The number of hydrogen-bond acceptors (Lipinski definition) is 6. The summed E-state index contributed by atoms with van der Waals surface area (Å²) in [5.41, 5.74) is -0.0684. The van der Waals surface area contributed by atoms with Crippen molar-refractivity contribution in [2.24, 2.45) is 0 Å². The summed E-state index contributed by atoms with van der Waals surface area (Å²) in [5, 5.41) is 5.98. The van der Waals surface area contributed by atoms with E-state index in [-0.39, 0.29) is 11.7 Å². The van der Waals surface area contributed by atoms with Gasteiger partial charge in [0.2, 0.25) is 5.91 Å². The lowest BCUT2D eigenvalue weighted by Gasteiger charge is -2.17. The van der Waals surface area contributed by atoms with Crippen molar-refractivity contribution in [3.63, 3.8) is 0 Å². The molecular formula is C22H18BrClN4O4. The highest BCUT2D eigenvalue weighted by atomic mass is 79.9. The molecule has 0 spiro atoms. The molecule has 0 radical (unpaired) electrons. The number of hydrogen-bond donors (Lipinski definition) is 2. The lowest BCUT2D eigenvalue weighted by Crippen LogP contribution is -2.49. The predicted octanol–water partition coefficient (Wildman–Crippen LogP) is 4.62. The lowest BCUT2D eigenvalue weighted by molar-refractivity contribution is -0.124. The van der Waals surface area contributed by atoms with E-state index in [1.807, 2.05) is 18.2 Å². The van der Waals surface area contributed by atoms with Gasteiger partial charge in [-0.2, -0.15) is 0 Å². The van der Waals surface area contributed by atoms with Gasteiger partial charge >= 0.3 is 6.09 Å². The van der Waals surface area contributed by atoms with Crippen LogP contribution in [-0.4, -0.2) is 27.5 Å². The predicted molar refractivity (Wildman–Crippen MR) is 121 cm³/mol. The molecule has 164 valence electrons. The summed E-state index contributed by atoms with van der Waals surface area (Å²) in [6.07, 6.45) is 4.42. The molecule has 1 heterocycles. The summed E-state index contributed by atoms with van der Waals surface area (Å²) in [6.45, 7) is 0.309. The van der Waals surface area contributed by atoms with Gasteiger partial charge in [0.15, 0.2) is 5.75 Å². The third-order valence-corrected chi connectivity index (χ3v) is 5.56. The quantitative estimate of drug-likeness (QED) is 0.474. The van der Waals surface area contributed by atoms with E-state index in [0.29, 0.717) is 35.9 Å². The Morgan fingerprint density at radius 2 is 1.78 bits per heavy atom. The molecule has 1 aliphatic carbocycles. The van der Waals surface area contributed by atoms with Gasteiger partial charge in [-0.05, 0) is 48.7 Å². The van der Waals surface area contributed by atoms with E-state index < -0.39 is 11.6 Å². The number of nitrogens with zero attached hydrogens (tertiary/aromatic N) is 2. The van der Waals surface area contributed by atoms with Gasteiger partial charge in [0.05, 0.1) is 17.4 Å². The number of halogens is 2. The second-order valence-corrected chi connectivity index (χ2v) is 8.50. The van der Waals surface area contributed by atoms with Gasteiger partial charge in [-0.3, -0.25) is 4.79 Å². The first-order valence-corrected chi connectivity index (χ1v) is 10.9. The number of carbonyl (C=O) groups excluding carboxylic acids is 2. The topological polar surface area (TPSA) is 102 Å². The largest absolute Gasteiger partial charge is 0.456 e. The third kappa shape index (κ3) is 5.54. The summed E-state index contributed by atoms with van der Waals surface area (Å²) < 4.78 is 11.8. The van der Waals surface area contributed by atoms with Crippen molar-refractivity contribution in [2.45, 2.75) is 24.9 Å². The molecule has 0 aliphatic heterocycles. The van der Waals surface area contributed by atoms with Crippen LogP contribution in [0.25, 0.3) is 0 Å². The Morgan fingerprint density at radius 1 is 1.06 bits per heavy atom. The molecule has 1 fully saturated rings. The Bertz CT molecular complexity index is 1120. The van der Waals surface area contributed by atoms with Crippen molar-refractivity contribution in [1.82, 2.24) is 20.6 Å². The van der Waals surface area contributed by atoms with Crippen molar-refractivity contribution in [1.29, 1.82) is 0 Å². The summed E-state index contributed by atoms with van der Waals surface area (Å²) in [6, 6.07) is 12.7. The normalized spacial score (nSPS) is 13.7. The van der Waals surface area contributed by atoms with Crippen molar-refractivity contribution in [2.75, 3.05) is 0 Å². The van der Waals surface area contributed by atoms with Gasteiger partial charge in [0, 0.05) is 11.0 Å². The summed E-state index contributed by atoms with van der Waals surface area (Å²) in [7, 11) is 0. The highest BCUT2D eigenvalue weighted by molar-refractivity contribution is 9.10. The minimum atomic E-state index is -0.950. The molecule has 4 rings (SSSR count). The van der Waals surface area contributed by atoms with E-state index in [9.17, 15) is 9.59 Å². The zero-order valence-corrected chi connectivity index (χ0v) is 19.0. The SMILES string of the molecule is O=C(NC1(C(=O)NCc2ccc(Oc3ccc(Br)cc3Cl)cc2)CC1)Oc1cncnc1. The average molecular weight is 518 g/mol. The molecule has 8 nitrogen and oxygen atoms in total. The molecule has 0 saturated heterocycles. The standard InChI is InChI=1S/C22H18BrClN4O4/c23-15-3-6-19(18(24)9-15)31-16-4-1-14(2-5-16)10-27-20(29)22(7-8-22)28-21(30)32-17-11-25-13-26-12-17/h1-6,9,11-13H,7-8,10H2,(H,27,29)(H,28,30). The number of benzene rings is 2. The minimum Gasteiger partial charge on any atom is -0.456 e. The smallest absolute Gasteiger partial charge is 0.413 e. The highest BCUT2D eigenvalue weighted by Gasteiger charge is 2.51. The molecule has 1 saturated carbocycles. The number of amides is 2. The van der Waals surface area contributed by atoms with E-state index in [0.717, 1.165) is 10.0 Å². The van der Waals surface area contributed by atoms with Crippen molar-refractivity contribution in [3.05, 3.63) is 76.2 Å². The van der Waals surface area contributed by atoms with Gasteiger partial charge in [-0.15, -0.1) is 0 Å². The molecule has 2 aromatic carbocycles. The zero-order chi connectivity index (χ0) is 22.6. The van der Waals surface area contributed by atoms with Gasteiger partial charge in [0.1, 0.15) is 23.4 Å². The fourth-order valence-electron chi connectivity index (χ4n) is 2.91. The Morgan fingerprint density at radius 3 is 2.44 bits per heavy atom. The average Bonchev–Trinajstić information content (AvgIpc) is 3.56. The number of rotatable bonds is 7. The second-order valence-electron chi connectivity index (χ2n) is 7.17. The molecule has 10 heteroatoms. The van der Waals surface area contributed by atoms with Crippen LogP contribution < -0.4 is 20.1 Å². The monoisotopic (exact) mass is 516 g/mol. The van der Waals surface area contributed by atoms with Crippen LogP contribution in [0.15, 0.2) is 65.7 Å². The Balaban J connectivity index is 1.28. The van der Waals surface area contributed by atoms with Gasteiger partial charge in [-0.1, -0.05) is 39.7 Å². The molecule has 0 bridgehead atoms. The van der Waals surface area contributed by atoms with E-state index in [1.54, 1.807) is 24.3 Å². The van der Waals surface area contributed by atoms with Crippen LogP contribution in [0.2, 0.25) is 5.02 Å². The van der Waals surface area contributed by atoms with Crippen LogP contribution in [-0.2, 0) is 11.3 Å². The molecule has 32 heavy (non-hydrogen) atoms.